The zero-order chi connectivity index (χ0) is 20.4. The Morgan fingerprint density at radius 2 is 2.00 bits per heavy atom. The molecule has 0 aromatic heterocycles. The molecule has 152 valence electrons. The SMILES string of the molecule is CN(C)C(=O)c1ccc2c(c1)NC(=NCc1cccc(Cl)c1)C1(CCSCC1)C2. The van der Waals surface area contributed by atoms with Crippen LogP contribution in [0.2, 0.25) is 5.02 Å². The lowest BCUT2D eigenvalue weighted by atomic mass is 9.72. The van der Waals surface area contributed by atoms with Crippen molar-refractivity contribution in [3.05, 3.63) is 64.2 Å². The summed E-state index contributed by atoms with van der Waals surface area (Å²) in [6.07, 6.45) is 3.22. The van der Waals surface area contributed by atoms with Crippen molar-refractivity contribution in [3.63, 3.8) is 0 Å². The van der Waals surface area contributed by atoms with Crippen LogP contribution in [0.5, 0.6) is 0 Å². The Balaban J connectivity index is 1.68. The van der Waals surface area contributed by atoms with Crippen LogP contribution in [0, 0.1) is 5.41 Å². The number of halogens is 1. The van der Waals surface area contributed by atoms with Crippen molar-refractivity contribution in [2.45, 2.75) is 25.8 Å². The smallest absolute Gasteiger partial charge is 0.253 e. The molecule has 2 heterocycles. The number of nitrogens with one attached hydrogen (secondary N) is 1. The van der Waals surface area contributed by atoms with Crippen LogP contribution in [0.4, 0.5) is 5.69 Å². The number of anilines is 1. The van der Waals surface area contributed by atoms with Gasteiger partial charge in [0.05, 0.1) is 6.54 Å². The number of thioether (sulfide) groups is 1. The van der Waals surface area contributed by atoms with Crippen LogP contribution in [0.3, 0.4) is 0 Å². The standard InChI is InChI=1S/C23H26ClN3OS/c1-27(2)21(28)17-6-7-18-14-23(8-10-29-11-9-23)22(26-20(18)13-17)25-15-16-4-3-5-19(24)12-16/h3-7,12-13H,8-11,14-15H2,1-2H3,(H,25,26). The van der Waals surface area contributed by atoms with Gasteiger partial charge in [-0.2, -0.15) is 11.8 Å². The molecule has 0 aliphatic carbocycles. The first-order chi connectivity index (χ1) is 14.0. The molecule has 6 heteroatoms. The number of aliphatic imine (C=N–C) groups is 1. The van der Waals surface area contributed by atoms with Crippen molar-refractivity contribution in [3.8, 4) is 0 Å². The number of hydrogen-bond acceptors (Lipinski definition) is 3. The third-order valence-corrected chi connectivity index (χ3v) is 7.03. The molecule has 2 aromatic carbocycles. The summed E-state index contributed by atoms with van der Waals surface area (Å²) in [6.45, 7) is 0.601. The molecule has 4 nitrogen and oxygen atoms in total. The van der Waals surface area contributed by atoms with Crippen LogP contribution in [0.15, 0.2) is 47.5 Å². The van der Waals surface area contributed by atoms with Crippen molar-refractivity contribution in [2.75, 3.05) is 30.9 Å². The predicted octanol–water partition coefficient (Wildman–Crippen LogP) is 5.12. The number of carbonyl (C=O) groups excluding carboxylic acids is 1. The van der Waals surface area contributed by atoms with Crippen molar-refractivity contribution in [2.24, 2.45) is 10.4 Å². The molecule has 1 amide bonds. The van der Waals surface area contributed by atoms with E-state index in [2.05, 4.69) is 17.4 Å². The van der Waals surface area contributed by atoms with Crippen molar-refractivity contribution in [1.82, 2.24) is 4.90 Å². The molecule has 0 atom stereocenters. The monoisotopic (exact) mass is 427 g/mol. The maximum Gasteiger partial charge on any atom is 0.253 e. The van der Waals surface area contributed by atoms with Crippen LogP contribution in [0.1, 0.15) is 34.3 Å². The summed E-state index contributed by atoms with van der Waals surface area (Å²) < 4.78 is 0. The largest absolute Gasteiger partial charge is 0.345 e. The Hall–Kier alpha value is -1.98. The molecule has 2 aliphatic rings. The summed E-state index contributed by atoms with van der Waals surface area (Å²) in [4.78, 5) is 19.0. The number of amidine groups is 1. The van der Waals surface area contributed by atoms with E-state index in [9.17, 15) is 4.79 Å². The Kier molecular flexibility index (Phi) is 5.88. The van der Waals surface area contributed by atoms with Gasteiger partial charge in [0.2, 0.25) is 0 Å². The predicted molar refractivity (Wildman–Crippen MR) is 123 cm³/mol. The molecule has 4 rings (SSSR count). The van der Waals surface area contributed by atoms with Gasteiger partial charge in [-0.1, -0.05) is 29.8 Å². The molecule has 0 radical (unpaired) electrons. The summed E-state index contributed by atoms with van der Waals surface area (Å²) in [5.74, 6) is 3.38. The van der Waals surface area contributed by atoms with E-state index in [1.54, 1.807) is 19.0 Å². The van der Waals surface area contributed by atoms with Crippen LogP contribution < -0.4 is 5.32 Å². The lowest BCUT2D eigenvalue weighted by Crippen LogP contribution is -2.44. The zero-order valence-corrected chi connectivity index (χ0v) is 18.4. The molecular formula is C23H26ClN3OS. The first-order valence-corrected chi connectivity index (χ1v) is 11.5. The van der Waals surface area contributed by atoms with Gasteiger partial charge in [0.15, 0.2) is 0 Å². The van der Waals surface area contributed by atoms with Gasteiger partial charge in [-0.05, 0) is 66.2 Å². The van der Waals surface area contributed by atoms with Crippen LogP contribution in [-0.2, 0) is 13.0 Å². The van der Waals surface area contributed by atoms with E-state index >= 15 is 0 Å². The average molecular weight is 428 g/mol. The van der Waals surface area contributed by atoms with Crippen LogP contribution in [-0.4, -0.2) is 42.2 Å². The maximum absolute atomic E-state index is 12.4. The van der Waals surface area contributed by atoms with Gasteiger partial charge in [-0.3, -0.25) is 9.79 Å². The molecule has 1 saturated heterocycles. The van der Waals surface area contributed by atoms with Gasteiger partial charge in [0, 0.05) is 35.8 Å². The zero-order valence-electron chi connectivity index (χ0n) is 16.9. The summed E-state index contributed by atoms with van der Waals surface area (Å²) >= 11 is 8.17. The molecule has 2 aromatic rings. The molecule has 29 heavy (non-hydrogen) atoms. The summed E-state index contributed by atoms with van der Waals surface area (Å²) in [5.41, 5.74) is 4.14. The third-order valence-electron chi connectivity index (χ3n) is 5.81. The molecule has 0 saturated carbocycles. The highest BCUT2D eigenvalue weighted by Gasteiger charge is 2.41. The number of hydrogen-bond donors (Lipinski definition) is 1. The minimum atomic E-state index is 0.0152. The quantitative estimate of drug-likeness (QED) is 0.739. The highest BCUT2D eigenvalue weighted by atomic mass is 35.5. The Morgan fingerprint density at radius 1 is 1.21 bits per heavy atom. The summed E-state index contributed by atoms with van der Waals surface area (Å²) in [6, 6.07) is 13.9. The van der Waals surface area contributed by atoms with E-state index in [0.29, 0.717) is 12.1 Å². The number of nitrogens with zero attached hydrogens (tertiary/aromatic N) is 2. The fourth-order valence-electron chi connectivity index (χ4n) is 4.14. The van der Waals surface area contributed by atoms with Gasteiger partial charge in [0.25, 0.3) is 5.91 Å². The molecule has 0 unspecified atom stereocenters. The van der Waals surface area contributed by atoms with Crippen molar-refractivity contribution in [1.29, 1.82) is 0 Å². The van der Waals surface area contributed by atoms with Gasteiger partial charge in [0.1, 0.15) is 5.84 Å². The summed E-state index contributed by atoms with van der Waals surface area (Å²) in [5, 5.41) is 4.35. The fourth-order valence-corrected chi connectivity index (χ4v) is 5.62. The first-order valence-electron chi connectivity index (χ1n) is 9.96. The number of carbonyl (C=O) groups is 1. The Labute approximate surface area is 181 Å². The minimum Gasteiger partial charge on any atom is -0.345 e. The molecule has 2 aliphatic heterocycles. The van der Waals surface area contributed by atoms with E-state index in [-0.39, 0.29) is 11.3 Å². The number of benzene rings is 2. The van der Waals surface area contributed by atoms with E-state index < -0.39 is 0 Å². The van der Waals surface area contributed by atoms with Crippen molar-refractivity contribution < 1.29 is 4.79 Å². The highest BCUT2D eigenvalue weighted by molar-refractivity contribution is 7.99. The Morgan fingerprint density at radius 3 is 2.72 bits per heavy atom. The topological polar surface area (TPSA) is 44.7 Å². The molecule has 1 spiro atoms. The minimum absolute atomic E-state index is 0.0152. The lowest BCUT2D eigenvalue weighted by Gasteiger charge is -2.42. The molecular weight excluding hydrogens is 402 g/mol. The number of fused-ring (bicyclic) bond motifs is 1. The second kappa shape index (κ2) is 8.41. The van der Waals surface area contributed by atoms with Crippen LogP contribution >= 0.6 is 23.4 Å². The van der Waals surface area contributed by atoms with Crippen molar-refractivity contribution >= 4 is 40.8 Å². The second-order valence-corrected chi connectivity index (χ2v) is 9.72. The average Bonchev–Trinajstić information content (AvgIpc) is 2.72. The van der Waals surface area contributed by atoms with Crippen LogP contribution in [0.25, 0.3) is 0 Å². The van der Waals surface area contributed by atoms with E-state index in [4.69, 9.17) is 16.6 Å². The van der Waals surface area contributed by atoms with E-state index in [1.165, 1.54) is 5.56 Å². The fraction of sp³-hybridized carbons (Fsp3) is 0.391. The molecule has 0 bridgehead atoms. The molecule has 1 N–H and O–H groups in total. The molecule has 1 fully saturated rings. The van der Waals surface area contributed by atoms with Gasteiger partial charge in [-0.15, -0.1) is 0 Å². The van der Waals surface area contributed by atoms with E-state index in [0.717, 1.165) is 52.9 Å². The lowest BCUT2D eigenvalue weighted by molar-refractivity contribution is 0.0827. The van der Waals surface area contributed by atoms with Gasteiger partial charge in [-0.25, -0.2) is 0 Å². The number of rotatable bonds is 3. The maximum atomic E-state index is 12.4. The number of amides is 1. The highest BCUT2D eigenvalue weighted by Crippen LogP contribution is 2.44. The first kappa shape index (κ1) is 20.3. The van der Waals surface area contributed by atoms with Gasteiger partial charge < -0.3 is 10.2 Å². The third kappa shape index (κ3) is 4.31. The normalized spacial score (nSPS) is 18.9. The summed E-state index contributed by atoms with van der Waals surface area (Å²) in [7, 11) is 3.56. The van der Waals surface area contributed by atoms with Gasteiger partial charge >= 0.3 is 0 Å². The Bertz CT molecular complexity index is 951. The van der Waals surface area contributed by atoms with E-state index in [1.807, 2.05) is 42.1 Å². The second-order valence-electron chi connectivity index (χ2n) is 8.06.